The summed E-state index contributed by atoms with van der Waals surface area (Å²) in [6.07, 6.45) is 5.22. The third-order valence-corrected chi connectivity index (χ3v) is 4.77. The van der Waals surface area contributed by atoms with E-state index in [1.807, 2.05) is 36.5 Å². The maximum Gasteiger partial charge on any atom is 0.176 e. The Morgan fingerprint density at radius 2 is 1.63 bits per heavy atom. The Hall–Kier alpha value is -3.23. The van der Waals surface area contributed by atoms with Crippen LogP contribution in [0, 0.1) is 5.82 Å². The fourth-order valence-electron chi connectivity index (χ4n) is 2.89. The van der Waals surface area contributed by atoms with E-state index in [4.69, 9.17) is 23.8 Å². The molecule has 0 spiro atoms. The lowest BCUT2D eigenvalue weighted by atomic mass is 10.2. The minimum absolute atomic E-state index is 0.261. The first kappa shape index (κ1) is 20.1. The average Bonchev–Trinajstić information content (AvgIpc) is 3.30. The molecule has 152 valence electrons. The van der Waals surface area contributed by atoms with Gasteiger partial charge in [-0.2, -0.15) is 10.2 Å². The lowest BCUT2D eigenvalue weighted by Gasteiger charge is -2.07. The van der Waals surface area contributed by atoms with E-state index in [2.05, 4.69) is 20.8 Å². The predicted octanol–water partition coefficient (Wildman–Crippen LogP) is 4.78. The molecule has 4 aromatic rings. The zero-order valence-electron chi connectivity index (χ0n) is 15.8. The molecule has 0 amide bonds. The van der Waals surface area contributed by atoms with Gasteiger partial charge in [0.05, 0.1) is 25.0 Å². The second-order valence-corrected chi connectivity index (χ2v) is 7.46. The number of halogens is 2. The Balaban J connectivity index is 1.35. The van der Waals surface area contributed by atoms with Crippen molar-refractivity contribution in [3.8, 4) is 0 Å². The van der Waals surface area contributed by atoms with Crippen LogP contribution in [0.25, 0.3) is 0 Å². The summed E-state index contributed by atoms with van der Waals surface area (Å²) in [6.45, 7) is 1.14. The van der Waals surface area contributed by atoms with E-state index in [-0.39, 0.29) is 5.82 Å². The molecule has 0 saturated carbocycles. The molecule has 0 fully saturated rings. The van der Waals surface area contributed by atoms with Crippen molar-refractivity contribution < 1.29 is 4.39 Å². The van der Waals surface area contributed by atoms with Gasteiger partial charge in [0.1, 0.15) is 10.8 Å². The van der Waals surface area contributed by atoms with Crippen LogP contribution < -0.4 is 10.6 Å². The van der Waals surface area contributed by atoms with Gasteiger partial charge in [-0.3, -0.25) is 9.36 Å². The fraction of sp³-hybridized carbons (Fsp3) is 0.0952. The third-order valence-electron chi connectivity index (χ3n) is 4.29. The van der Waals surface area contributed by atoms with Gasteiger partial charge in [-0.25, -0.2) is 4.39 Å². The molecule has 0 bridgehead atoms. The van der Waals surface area contributed by atoms with Crippen molar-refractivity contribution in [1.82, 2.24) is 19.6 Å². The van der Waals surface area contributed by atoms with E-state index in [1.54, 1.807) is 33.9 Å². The Kier molecular flexibility index (Phi) is 6.06. The zero-order chi connectivity index (χ0) is 20.9. The van der Waals surface area contributed by atoms with Crippen LogP contribution >= 0.6 is 23.8 Å². The maximum atomic E-state index is 13.0. The molecule has 6 nitrogen and oxygen atoms in total. The van der Waals surface area contributed by atoms with Crippen LogP contribution in [-0.2, 0) is 13.1 Å². The van der Waals surface area contributed by atoms with E-state index in [1.165, 1.54) is 12.1 Å². The van der Waals surface area contributed by atoms with Crippen LogP contribution in [0.3, 0.4) is 0 Å². The summed E-state index contributed by atoms with van der Waals surface area (Å²) in [5.41, 5.74) is 2.79. The summed E-state index contributed by atoms with van der Waals surface area (Å²) >= 11 is 11.6. The summed E-state index contributed by atoms with van der Waals surface area (Å²) in [5.74, 6) is 0.215. The van der Waals surface area contributed by atoms with Gasteiger partial charge in [-0.15, -0.1) is 0 Å². The SMILES string of the molecule is Fc1ccc(Cn2cc(NC(=S)Nc3nn(Cc4ccccc4)cc3Cl)cn2)cc1. The van der Waals surface area contributed by atoms with Crippen LogP contribution in [0.2, 0.25) is 5.02 Å². The summed E-state index contributed by atoms with van der Waals surface area (Å²) in [6, 6.07) is 16.3. The van der Waals surface area contributed by atoms with Crippen LogP contribution in [0.1, 0.15) is 11.1 Å². The molecule has 0 saturated heterocycles. The Labute approximate surface area is 183 Å². The smallest absolute Gasteiger partial charge is 0.176 e. The first-order chi connectivity index (χ1) is 14.5. The highest BCUT2D eigenvalue weighted by molar-refractivity contribution is 7.80. The van der Waals surface area contributed by atoms with Gasteiger partial charge in [0.25, 0.3) is 0 Å². The van der Waals surface area contributed by atoms with E-state index in [9.17, 15) is 4.39 Å². The highest BCUT2D eigenvalue weighted by Crippen LogP contribution is 2.20. The summed E-state index contributed by atoms with van der Waals surface area (Å²) in [4.78, 5) is 0. The number of benzene rings is 2. The van der Waals surface area contributed by atoms with E-state index >= 15 is 0 Å². The van der Waals surface area contributed by atoms with E-state index in [0.717, 1.165) is 16.8 Å². The number of rotatable bonds is 6. The average molecular weight is 441 g/mol. The van der Waals surface area contributed by atoms with Crippen LogP contribution in [0.5, 0.6) is 0 Å². The van der Waals surface area contributed by atoms with Crippen molar-refractivity contribution in [3.05, 3.63) is 95.2 Å². The molecule has 2 heterocycles. The molecule has 0 atom stereocenters. The Bertz CT molecular complexity index is 1140. The van der Waals surface area contributed by atoms with Crippen molar-refractivity contribution in [2.45, 2.75) is 13.1 Å². The molecule has 9 heteroatoms. The molecule has 0 aliphatic rings. The quantitative estimate of drug-likeness (QED) is 0.423. The van der Waals surface area contributed by atoms with Crippen molar-refractivity contribution in [1.29, 1.82) is 0 Å². The normalized spacial score (nSPS) is 10.7. The molecule has 30 heavy (non-hydrogen) atoms. The van der Waals surface area contributed by atoms with Gasteiger partial charge in [-0.05, 0) is 35.5 Å². The second-order valence-electron chi connectivity index (χ2n) is 6.64. The molecular weight excluding hydrogens is 423 g/mol. The molecule has 0 aliphatic carbocycles. The van der Waals surface area contributed by atoms with Gasteiger partial charge in [0.15, 0.2) is 10.9 Å². The number of nitrogens with zero attached hydrogens (tertiary/aromatic N) is 4. The van der Waals surface area contributed by atoms with Gasteiger partial charge in [0, 0.05) is 12.4 Å². The van der Waals surface area contributed by atoms with Crippen molar-refractivity contribution in [3.63, 3.8) is 0 Å². The van der Waals surface area contributed by atoms with Crippen molar-refractivity contribution in [2.75, 3.05) is 10.6 Å². The predicted molar refractivity (Wildman–Crippen MR) is 120 cm³/mol. The summed E-state index contributed by atoms with van der Waals surface area (Å²) in [7, 11) is 0. The number of anilines is 2. The fourth-order valence-corrected chi connectivity index (χ4v) is 3.31. The highest BCUT2D eigenvalue weighted by atomic mass is 35.5. The van der Waals surface area contributed by atoms with Crippen molar-refractivity contribution >= 4 is 40.4 Å². The molecular formula is C21H18ClFN6S. The number of aromatic nitrogens is 4. The minimum Gasteiger partial charge on any atom is -0.330 e. The number of thiocarbonyl (C=S) groups is 1. The second kappa shape index (κ2) is 9.06. The van der Waals surface area contributed by atoms with E-state index < -0.39 is 0 Å². The standard InChI is InChI=1S/C21H18ClFN6S/c22-19-14-29(12-15-4-2-1-3-5-15)27-20(19)26-21(30)25-18-10-24-28(13-18)11-16-6-8-17(23)9-7-16/h1-10,13-14H,11-12H2,(H2,25,26,27,30). The summed E-state index contributed by atoms with van der Waals surface area (Å²) in [5, 5.41) is 15.6. The Morgan fingerprint density at radius 3 is 2.40 bits per heavy atom. The maximum absolute atomic E-state index is 13.0. The third kappa shape index (κ3) is 5.22. The number of hydrogen-bond donors (Lipinski definition) is 2. The molecule has 2 aromatic heterocycles. The number of hydrogen-bond acceptors (Lipinski definition) is 3. The first-order valence-corrected chi connectivity index (χ1v) is 9.95. The van der Waals surface area contributed by atoms with Crippen LogP contribution in [-0.4, -0.2) is 24.7 Å². The largest absolute Gasteiger partial charge is 0.330 e. The van der Waals surface area contributed by atoms with E-state index in [0.29, 0.717) is 29.0 Å². The molecule has 2 N–H and O–H groups in total. The molecule has 0 radical (unpaired) electrons. The lowest BCUT2D eigenvalue weighted by molar-refractivity contribution is 0.624. The highest BCUT2D eigenvalue weighted by Gasteiger charge is 2.10. The van der Waals surface area contributed by atoms with Crippen LogP contribution in [0.4, 0.5) is 15.9 Å². The lowest BCUT2D eigenvalue weighted by Crippen LogP contribution is -2.19. The van der Waals surface area contributed by atoms with Crippen LogP contribution in [0.15, 0.2) is 73.2 Å². The van der Waals surface area contributed by atoms with Crippen molar-refractivity contribution in [2.24, 2.45) is 0 Å². The molecule has 0 unspecified atom stereocenters. The topological polar surface area (TPSA) is 59.7 Å². The Morgan fingerprint density at radius 1 is 0.933 bits per heavy atom. The monoisotopic (exact) mass is 440 g/mol. The molecule has 4 rings (SSSR count). The summed E-state index contributed by atoms with van der Waals surface area (Å²) < 4.78 is 16.5. The van der Waals surface area contributed by atoms with Gasteiger partial charge < -0.3 is 10.6 Å². The first-order valence-electron chi connectivity index (χ1n) is 9.17. The molecule has 0 aliphatic heterocycles. The van der Waals surface area contributed by atoms with Gasteiger partial charge in [0.2, 0.25) is 0 Å². The van der Waals surface area contributed by atoms with Gasteiger partial charge in [-0.1, -0.05) is 54.1 Å². The molecule has 2 aromatic carbocycles. The minimum atomic E-state index is -0.261. The van der Waals surface area contributed by atoms with Gasteiger partial charge >= 0.3 is 0 Å². The zero-order valence-corrected chi connectivity index (χ0v) is 17.4. The number of nitrogens with one attached hydrogen (secondary N) is 2.